The van der Waals surface area contributed by atoms with Crippen LogP contribution in [-0.2, 0) is 26.0 Å². The van der Waals surface area contributed by atoms with E-state index in [1.807, 2.05) is 0 Å². The van der Waals surface area contributed by atoms with Crippen molar-refractivity contribution in [1.29, 1.82) is 0 Å². The zero-order valence-electron chi connectivity index (χ0n) is 13.9. The molecule has 0 saturated carbocycles. The molecule has 2 rings (SSSR count). The Hall–Kier alpha value is -2.34. The Labute approximate surface area is 154 Å². The molecule has 0 radical (unpaired) electrons. The van der Waals surface area contributed by atoms with Crippen LogP contribution < -0.4 is 15.8 Å². The molecule has 11 heteroatoms. The van der Waals surface area contributed by atoms with Gasteiger partial charge < -0.3 is 15.8 Å². The molecule has 2 aromatic rings. The standard InChI is InChI=1S/C15H18N4O5S2/c1-24-14(20)8-17-26(22,23)11-4-2-3-10(7-11)18-15(21)12-9-25-13(19-12)5-6-16/h2-4,7,9,17H,5-6,8,16H2,1H3,(H,18,21). The van der Waals surface area contributed by atoms with Crippen molar-refractivity contribution in [2.45, 2.75) is 11.3 Å². The normalized spacial score (nSPS) is 11.2. The molecule has 140 valence electrons. The first-order valence-electron chi connectivity index (χ1n) is 7.48. The van der Waals surface area contributed by atoms with Crippen LogP contribution in [-0.4, -0.2) is 45.5 Å². The second kappa shape index (κ2) is 8.85. The minimum atomic E-state index is -3.92. The Kier molecular flexibility index (Phi) is 6.80. The number of nitrogens with one attached hydrogen (secondary N) is 2. The number of anilines is 1. The molecule has 1 aromatic heterocycles. The van der Waals surface area contributed by atoms with Gasteiger partial charge in [-0.3, -0.25) is 9.59 Å². The zero-order valence-corrected chi connectivity index (χ0v) is 15.5. The first kappa shape index (κ1) is 20.0. The third-order valence-electron chi connectivity index (χ3n) is 3.18. The van der Waals surface area contributed by atoms with Gasteiger partial charge in [0.1, 0.15) is 12.2 Å². The third kappa shape index (κ3) is 5.33. The van der Waals surface area contributed by atoms with Gasteiger partial charge in [-0.05, 0) is 24.7 Å². The van der Waals surface area contributed by atoms with Crippen molar-refractivity contribution in [2.24, 2.45) is 5.73 Å². The molecule has 1 heterocycles. The molecule has 1 aromatic carbocycles. The number of sulfonamides is 1. The van der Waals surface area contributed by atoms with E-state index in [9.17, 15) is 18.0 Å². The van der Waals surface area contributed by atoms with Gasteiger partial charge in [-0.25, -0.2) is 13.4 Å². The van der Waals surface area contributed by atoms with Crippen LogP contribution in [0.1, 0.15) is 15.5 Å². The lowest BCUT2D eigenvalue weighted by Gasteiger charge is -2.08. The van der Waals surface area contributed by atoms with Gasteiger partial charge in [-0.1, -0.05) is 6.07 Å². The summed E-state index contributed by atoms with van der Waals surface area (Å²) in [7, 11) is -2.76. The van der Waals surface area contributed by atoms with Gasteiger partial charge in [-0.15, -0.1) is 11.3 Å². The number of ether oxygens (including phenoxy) is 1. The van der Waals surface area contributed by atoms with Gasteiger partial charge in [0.25, 0.3) is 5.91 Å². The first-order chi connectivity index (χ1) is 12.4. The molecule has 0 aliphatic carbocycles. The predicted octanol–water partition coefficient (Wildman–Crippen LogP) is 0.348. The lowest BCUT2D eigenvalue weighted by Crippen LogP contribution is -2.30. The minimum Gasteiger partial charge on any atom is -0.468 e. The van der Waals surface area contributed by atoms with E-state index in [0.29, 0.717) is 13.0 Å². The summed E-state index contributed by atoms with van der Waals surface area (Å²) in [6.07, 6.45) is 0.581. The molecule has 4 N–H and O–H groups in total. The maximum absolute atomic E-state index is 12.2. The number of benzene rings is 1. The van der Waals surface area contributed by atoms with Crippen molar-refractivity contribution in [3.63, 3.8) is 0 Å². The van der Waals surface area contributed by atoms with Crippen LogP contribution >= 0.6 is 11.3 Å². The number of nitrogens with zero attached hydrogens (tertiary/aromatic N) is 1. The van der Waals surface area contributed by atoms with Crippen LogP contribution in [0.5, 0.6) is 0 Å². The average Bonchev–Trinajstić information content (AvgIpc) is 3.09. The number of hydrogen-bond acceptors (Lipinski definition) is 8. The number of rotatable bonds is 8. The Morgan fingerprint density at radius 1 is 1.35 bits per heavy atom. The summed E-state index contributed by atoms with van der Waals surface area (Å²) in [5.41, 5.74) is 5.97. The maximum atomic E-state index is 12.2. The fraction of sp³-hybridized carbons (Fsp3) is 0.267. The van der Waals surface area contributed by atoms with Crippen LogP contribution in [0.2, 0.25) is 0 Å². The fourth-order valence-corrected chi connectivity index (χ4v) is 3.71. The van der Waals surface area contributed by atoms with Crippen LogP contribution in [0, 0.1) is 0 Å². The Balaban J connectivity index is 2.10. The van der Waals surface area contributed by atoms with Crippen LogP contribution in [0.25, 0.3) is 0 Å². The van der Waals surface area contributed by atoms with Gasteiger partial charge >= 0.3 is 5.97 Å². The van der Waals surface area contributed by atoms with E-state index in [4.69, 9.17) is 5.73 Å². The summed E-state index contributed by atoms with van der Waals surface area (Å²) in [5.74, 6) is -1.17. The minimum absolute atomic E-state index is 0.0960. The van der Waals surface area contributed by atoms with Gasteiger partial charge in [0.15, 0.2) is 0 Å². The number of aromatic nitrogens is 1. The lowest BCUT2D eigenvalue weighted by atomic mass is 10.3. The molecule has 0 aliphatic rings. The molecule has 1 amide bonds. The second-order valence-corrected chi connectivity index (χ2v) is 7.76. The molecular formula is C15H18N4O5S2. The summed E-state index contributed by atoms with van der Waals surface area (Å²) < 4.78 is 30.9. The van der Waals surface area contributed by atoms with Crippen LogP contribution in [0.4, 0.5) is 5.69 Å². The number of nitrogens with two attached hydrogens (primary N) is 1. The highest BCUT2D eigenvalue weighted by atomic mass is 32.2. The van der Waals surface area contributed by atoms with Crippen molar-refractivity contribution in [2.75, 3.05) is 25.5 Å². The molecule has 26 heavy (non-hydrogen) atoms. The van der Waals surface area contributed by atoms with Crippen molar-refractivity contribution >= 4 is 38.9 Å². The van der Waals surface area contributed by atoms with Crippen LogP contribution in [0.3, 0.4) is 0 Å². The van der Waals surface area contributed by atoms with Crippen molar-refractivity contribution in [3.8, 4) is 0 Å². The molecule has 9 nitrogen and oxygen atoms in total. The van der Waals surface area contributed by atoms with E-state index in [0.717, 1.165) is 12.1 Å². The predicted molar refractivity (Wildman–Crippen MR) is 96.5 cm³/mol. The number of amides is 1. The summed E-state index contributed by atoms with van der Waals surface area (Å²) in [6, 6.07) is 5.65. The Morgan fingerprint density at radius 2 is 2.12 bits per heavy atom. The zero-order chi connectivity index (χ0) is 19.2. The first-order valence-corrected chi connectivity index (χ1v) is 9.84. The largest absolute Gasteiger partial charge is 0.468 e. The monoisotopic (exact) mass is 398 g/mol. The molecule has 0 saturated heterocycles. The quantitative estimate of drug-likeness (QED) is 0.545. The van der Waals surface area contributed by atoms with E-state index in [2.05, 4.69) is 19.8 Å². The molecule has 0 atom stereocenters. The molecule has 0 spiro atoms. The molecule has 0 unspecified atom stereocenters. The fourth-order valence-electron chi connectivity index (χ4n) is 1.90. The SMILES string of the molecule is COC(=O)CNS(=O)(=O)c1cccc(NC(=O)c2csc(CCN)n2)c1. The topological polar surface area (TPSA) is 140 Å². The third-order valence-corrected chi connectivity index (χ3v) is 5.49. The highest BCUT2D eigenvalue weighted by Crippen LogP contribution is 2.17. The number of esters is 1. The van der Waals surface area contributed by atoms with Gasteiger partial charge in [0.05, 0.1) is 17.0 Å². The summed E-state index contributed by atoms with van der Waals surface area (Å²) in [4.78, 5) is 27.4. The molecular weight excluding hydrogens is 380 g/mol. The number of methoxy groups -OCH3 is 1. The maximum Gasteiger partial charge on any atom is 0.320 e. The average molecular weight is 398 g/mol. The Bertz CT molecular complexity index is 895. The lowest BCUT2D eigenvalue weighted by molar-refractivity contribution is -0.139. The van der Waals surface area contributed by atoms with E-state index >= 15 is 0 Å². The number of hydrogen-bond donors (Lipinski definition) is 3. The number of thiazole rings is 1. The second-order valence-electron chi connectivity index (χ2n) is 5.05. The molecule has 0 aliphatic heterocycles. The highest BCUT2D eigenvalue weighted by Gasteiger charge is 2.17. The smallest absolute Gasteiger partial charge is 0.320 e. The van der Waals surface area contributed by atoms with Crippen molar-refractivity contribution < 1.29 is 22.7 Å². The van der Waals surface area contributed by atoms with Gasteiger partial charge in [0, 0.05) is 17.5 Å². The highest BCUT2D eigenvalue weighted by molar-refractivity contribution is 7.89. The molecule has 0 bridgehead atoms. The summed E-state index contributed by atoms with van der Waals surface area (Å²) in [5, 5.41) is 4.95. The number of carbonyl (C=O) groups is 2. The molecule has 0 fully saturated rings. The summed E-state index contributed by atoms with van der Waals surface area (Å²) in [6.45, 7) is -0.0504. The van der Waals surface area contributed by atoms with Gasteiger partial charge in [-0.2, -0.15) is 4.72 Å². The number of carbonyl (C=O) groups excluding carboxylic acids is 2. The van der Waals surface area contributed by atoms with E-state index < -0.39 is 28.4 Å². The van der Waals surface area contributed by atoms with Crippen molar-refractivity contribution in [3.05, 3.63) is 40.3 Å². The van der Waals surface area contributed by atoms with Gasteiger partial charge in [0.2, 0.25) is 10.0 Å². The van der Waals surface area contributed by atoms with Crippen molar-refractivity contribution in [1.82, 2.24) is 9.71 Å². The summed E-state index contributed by atoms with van der Waals surface area (Å²) >= 11 is 1.33. The van der Waals surface area contributed by atoms with Crippen LogP contribution in [0.15, 0.2) is 34.5 Å². The van der Waals surface area contributed by atoms with E-state index in [1.54, 1.807) is 11.4 Å². The Morgan fingerprint density at radius 3 is 2.81 bits per heavy atom. The van der Waals surface area contributed by atoms with E-state index in [1.165, 1.54) is 29.5 Å². The van der Waals surface area contributed by atoms with E-state index in [-0.39, 0.29) is 16.3 Å².